The van der Waals surface area contributed by atoms with Crippen molar-refractivity contribution in [1.82, 2.24) is 9.38 Å². The lowest BCUT2D eigenvalue weighted by Gasteiger charge is -2.06. The van der Waals surface area contributed by atoms with Gasteiger partial charge >= 0.3 is 0 Å². The maximum atomic E-state index is 6.49. The van der Waals surface area contributed by atoms with E-state index in [0.717, 1.165) is 33.6 Å². The fourth-order valence-electron chi connectivity index (χ4n) is 2.69. The Morgan fingerprint density at radius 1 is 0.955 bits per heavy atom. The number of halogens is 1. The zero-order valence-electron chi connectivity index (χ0n) is 12.0. The number of pyridine rings is 1. The first-order chi connectivity index (χ1) is 10.8. The van der Waals surface area contributed by atoms with Crippen LogP contribution in [0.1, 0.15) is 0 Å². The molecule has 4 heteroatoms. The van der Waals surface area contributed by atoms with E-state index in [9.17, 15) is 0 Å². The SMILES string of the molecule is COc1ccc(-c2cc(Cl)n3c(c2)nc2ccccc23)cc1. The third-order valence-electron chi connectivity index (χ3n) is 3.78. The largest absolute Gasteiger partial charge is 0.497 e. The van der Waals surface area contributed by atoms with Gasteiger partial charge in [-0.25, -0.2) is 4.98 Å². The molecule has 0 saturated carbocycles. The van der Waals surface area contributed by atoms with Crippen LogP contribution in [-0.2, 0) is 0 Å². The first-order valence-electron chi connectivity index (χ1n) is 6.97. The van der Waals surface area contributed by atoms with Crippen LogP contribution in [0.2, 0.25) is 5.15 Å². The Kier molecular flexibility index (Phi) is 3.01. The van der Waals surface area contributed by atoms with E-state index < -0.39 is 0 Å². The number of rotatable bonds is 2. The lowest BCUT2D eigenvalue weighted by molar-refractivity contribution is 0.415. The molecule has 0 fully saturated rings. The second-order valence-corrected chi connectivity index (χ2v) is 5.48. The van der Waals surface area contributed by atoms with Gasteiger partial charge in [0.1, 0.15) is 16.5 Å². The zero-order chi connectivity index (χ0) is 15.1. The zero-order valence-corrected chi connectivity index (χ0v) is 12.7. The Labute approximate surface area is 132 Å². The van der Waals surface area contributed by atoms with Gasteiger partial charge in [0, 0.05) is 0 Å². The molecule has 108 valence electrons. The Morgan fingerprint density at radius 2 is 1.73 bits per heavy atom. The maximum absolute atomic E-state index is 6.49. The van der Waals surface area contributed by atoms with Gasteiger partial charge in [-0.15, -0.1) is 0 Å². The molecule has 0 bridgehead atoms. The number of methoxy groups -OCH3 is 1. The summed E-state index contributed by atoms with van der Waals surface area (Å²) in [6, 6.07) is 19.9. The molecule has 0 aliphatic heterocycles. The summed E-state index contributed by atoms with van der Waals surface area (Å²) < 4.78 is 7.16. The monoisotopic (exact) mass is 308 g/mol. The number of imidazole rings is 1. The van der Waals surface area contributed by atoms with Crippen molar-refractivity contribution in [3.05, 3.63) is 65.8 Å². The maximum Gasteiger partial charge on any atom is 0.139 e. The van der Waals surface area contributed by atoms with Gasteiger partial charge in [0.2, 0.25) is 0 Å². The highest BCUT2D eigenvalue weighted by molar-refractivity contribution is 6.30. The highest BCUT2D eigenvalue weighted by atomic mass is 35.5. The van der Waals surface area contributed by atoms with E-state index in [1.165, 1.54) is 0 Å². The molecule has 2 heterocycles. The second-order valence-electron chi connectivity index (χ2n) is 5.09. The molecule has 4 rings (SSSR count). The van der Waals surface area contributed by atoms with Crippen molar-refractivity contribution in [1.29, 1.82) is 0 Å². The quantitative estimate of drug-likeness (QED) is 0.496. The number of para-hydroxylation sites is 2. The van der Waals surface area contributed by atoms with Crippen LogP contribution in [0.15, 0.2) is 60.7 Å². The van der Waals surface area contributed by atoms with Gasteiger partial charge in [-0.05, 0) is 47.5 Å². The Morgan fingerprint density at radius 3 is 2.50 bits per heavy atom. The first-order valence-corrected chi connectivity index (χ1v) is 7.35. The number of benzene rings is 2. The van der Waals surface area contributed by atoms with Crippen molar-refractivity contribution in [2.24, 2.45) is 0 Å². The molecule has 0 N–H and O–H groups in total. The molecule has 0 aliphatic carbocycles. The average molecular weight is 309 g/mol. The van der Waals surface area contributed by atoms with Crippen LogP contribution in [0.25, 0.3) is 27.8 Å². The third-order valence-corrected chi connectivity index (χ3v) is 4.06. The van der Waals surface area contributed by atoms with E-state index in [0.29, 0.717) is 5.15 Å². The Bertz CT molecular complexity index is 974. The van der Waals surface area contributed by atoms with Crippen LogP contribution in [0, 0.1) is 0 Å². The lowest BCUT2D eigenvalue weighted by atomic mass is 10.1. The van der Waals surface area contributed by atoms with Crippen molar-refractivity contribution in [2.75, 3.05) is 7.11 Å². The van der Waals surface area contributed by atoms with Crippen LogP contribution in [-0.4, -0.2) is 16.5 Å². The summed E-state index contributed by atoms with van der Waals surface area (Å²) in [5, 5.41) is 0.650. The van der Waals surface area contributed by atoms with E-state index in [1.54, 1.807) is 7.11 Å². The second kappa shape index (κ2) is 5.04. The highest BCUT2D eigenvalue weighted by Gasteiger charge is 2.09. The predicted molar refractivity (Wildman–Crippen MR) is 89.7 cm³/mol. The number of nitrogens with zero attached hydrogens (tertiary/aromatic N) is 2. The van der Waals surface area contributed by atoms with E-state index >= 15 is 0 Å². The van der Waals surface area contributed by atoms with Crippen LogP contribution in [0.5, 0.6) is 5.75 Å². The summed E-state index contributed by atoms with van der Waals surface area (Å²) in [5.74, 6) is 0.836. The standard InChI is InChI=1S/C18H13ClN2O/c1-22-14-8-6-12(7-9-14)13-10-17(19)21-16-5-3-2-4-15(16)20-18(21)11-13/h2-11H,1H3. The van der Waals surface area contributed by atoms with Gasteiger partial charge < -0.3 is 4.74 Å². The van der Waals surface area contributed by atoms with Crippen LogP contribution >= 0.6 is 11.6 Å². The number of hydrogen-bond donors (Lipinski definition) is 0. The molecule has 0 amide bonds. The molecule has 4 aromatic rings. The van der Waals surface area contributed by atoms with Gasteiger partial charge in [0.25, 0.3) is 0 Å². The lowest BCUT2D eigenvalue weighted by Crippen LogP contribution is -1.89. The van der Waals surface area contributed by atoms with Gasteiger partial charge in [-0.3, -0.25) is 4.40 Å². The van der Waals surface area contributed by atoms with E-state index in [4.69, 9.17) is 16.3 Å². The predicted octanol–water partition coefficient (Wildman–Crippen LogP) is 4.82. The van der Waals surface area contributed by atoms with E-state index in [1.807, 2.05) is 65.1 Å². The normalized spacial score (nSPS) is 11.2. The minimum Gasteiger partial charge on any atom is -0.497 e. The van der Waals surface area contributed by atoms with Gasteiger partial charge in [-0.1, -0.05) is 35.9 Å². The molecule has 0 atom stereocenters. The summed E-state index contributed by atoms with van der Waals surface area (Å²) in [5.41, 5.74) is 4.92. The molecular formula is C18H13ClN2O. The van der Waals surface area contributed by atoms with Crippen molar-refractivity contribution >= 4 is 28.3 Å². The topological polar surface area (TPSA) is 26.5 Å². The molecule has 3 nitrogen and oxygen atoms in total. The summed E-state index contributed by atoms with van der Waals surface area (Å²) in [4.78, 5) is 4.65. The molecule has 0 aliphatic rings. The molecule has 0 saturated heterocycles. The molecule has 2 aromatic carbocycles. The summed E-state index contributed by atoms with van der Waals surface area (Å²) in [7, 11) is 1.66. The van der Waals surface area contributed by atoms with E-state index in [-0.39, 0.29) is 0 Å². The van der Waals surface area contributed by atoms with E-state index in [2.05, 4.69) is 4.98 Å². The van der Waals surface area contributed by atoms with Gasteiger partial charge in [0.15, 0.2) is 0 Å². The van der Waals surface area contributed by atoms with Crippen molar-refractivity contribution in [3.63, 3.8) is 0 Å². The number of ether oxygens (including phenoxy) is 1. The van der Waals surface area contributed by atoms with Crippen LogP contribution in [0.4, 0.5) is 0 Å². The minimum absolute atomic E-state index is 0.650. The molecule has 2 aromatic heterocycles. The number of aromatic nitrogens is 2. The summed E-state index contributed by atoms with van der Waals surface area (Å²) in [6.45, 7) is 0. The summed E-state index contributed by atoms with van der Waals surface area (Å²) >= 11 is 6.49. The molecule has 0 unspecified atom stereocenters. The smallest absolute Gasteiger partial charge is 0.139 e. The number of hydrogen-bond acceptors (Lipinski definition) is 2. The Balaban J connectivity index is 1.94. The molecule has 22 heavy (non-hydrogen) atoms. The molecule has 0 spiro atoms. The average Bonchev–Trinajstić information content (AvgIpc) is 2.93. The fourth-order valence-corrected chi connectivity index (χ4v) is 2.98. The van der Waals surface area contributed by atoms with Crippen LogP contribution < -0.4 is 4.74 Å². The third kappa shape index (κ3) is 2.02. The van der Waals surface area contributed by atoms with Crippen LogP contribution in [0.3, 0.4) is 0 Å². The molecule has 0 radical (unpaired) electrons. The molecular weight excluding hydrogens is 296 g/mol. The first kappa shape index (κ1) is 13.2. The fraction of sp³-hybridized carbons (Fsp3) is 0.0556. The minimum atomic E-state index is 0.650. The van der Waals surface area contributed by atoms with Crippen molar-refractivity contribution < 1.29 is 4.74 Å². The number of fused-ring (bicyclic) bond motifs is 3. The van der Waals surface area contributed by atoms with Gasteiger partial charge in [0.05, 0.1) is 18.1 Å². The summed E-state index contributed by atoms with van der Waals surface area (Å²) in [6.07, 6.45) is 0. The van der Waals surface area contributed by atoms with Crippen molar-refractivity contribution in [3.8, 4) is 16.9 Å². The van der Waals surface area contributed by atoms with Gasteiger partial charge in [-0.2, -0.15) is 0 Å². The highest BCUT2D eigenvalue weighted by Crippen LogP contribution is 2.29. The Hall–Kier alpha value is -2.52. The van der Waals surface area contributed by atoms with Crippen molar-refractivity contribution in [2.45, 2.75) is 0 Å².